The van der Waals surface area contributed by atoms with Crippen molar-refractivity contribution in [2.24, 2.45) is 0 Å². The highest BCUT2D eigenvalue weighted by Gasteiger charge is 2.30. The zero-order chi connectivity index (χ0) is 27.6. The molecule has 0 aromatic heterocycles. The van der Waals surface area contributed by atoms with Crippen LogP contribution in [0, 0.1) is 0 Å². The fraction of sp³-hybridized carbons (Fsp3) is 0.355. The van der Waals surface area contributed by atoms with E-state index < -0.39 is 11.7 Å². The second-order valence-electron chi connectivity index (χ2n) is 10.5. The molecule has 5 rings (SSSR count). The number of carbonyl (C=O) groups is 2. The third-order valence-corrected chi connectivity index (χ3v) is 7.82. The Labute approximate surface area is 226 Å². The van der Waals surface area contributed by atoms with Crippen LogP contribution in [0.1, 0.15) is 59.7 Å². The summed E-state index contributed by atoms with van der Waals surface area (Å²) in [6, 6.07) is 18.6. The van der Waals surface area contributed by atoms with Crippen molar-refractivity contribution < 1.29 is 22.8 Å². The summed E-state index contributed by atoms with van der Waals surface area (Å²) in [5.41, 5.74) is 3.97. The molecule has 39 heavy (non-hydrogen) atoms. The van der Waals surface area contributed by atoms with E-state index in [9.17, 15) is 22.8 Å². The molecule has 0 saturated heterocycles. The molecule has 0 spiro atoms. The second kappa shape index (κ2) is 11.2. The molecule has 1 fully saturated rings. The zero-order valence-corrected chi connectivity index (χ0v) is 21.9. The molecule has 0 atom stereocenters. The fourth-order valence-electron chi connectivity index (χ4n) is 5.81. The Morgan fingerprint density at radius 2 is 1.62 bits per heavy atom. The molecule has 1 heterocycles. The van der Waals surface area contributed by atoms with Crippen molar-refractivity contribution >= 4 is 17.5 Å². The average molecular weight is 536 g/mol. The SMILES string of the molecule is CC(=O)NC1CCC(N2CCc3cc(NC(=O)c4ccccc4-c4ccc(C(F)(F)F)cc4)ccc3C2)CC1. The maximum Gasteiger partial charge on any atom is 0.416 e. The number of nitrogens with zero attached hydrogens (tertiary/aromatic N) is 1. The van der Waals surface area contributed by atoms with Crippen molar-refractivity contribution in [3.63, 3.8) is 0 Å². The summed E-state index contributed by atoms with van der Waals surface area (Å²) < 4.78 is 38.9. The van der Waals surface area contributed by atoms with Crippen molar-refractivity contribution in [2.45, 2.75) is 63.8 Å². The number of fused-ring (bicyclic) bond motifs is 1. The molecule has 2 amide bonds. The van der Waals surface area contributed by atoms with Gasteiger partial charge in [-0.05, 0) is 84.7 Å². The minimum absolute atomic E-state index is 0.0383. The van der Waals surface area contributed by atoms with Gasteiger partial charge in [-0.25, -0.2) is 0 Å². The molecule has 1 aliphatic heterocycles. The summed E-state index contributed by atoms with van der Waals surface area (Å²) in [5.74, 6) is -0.268. The summed E-state index contributed by atoms with van der Waals surface area (Å²) in [4.78, 5) is 27.1. The number of benzene rings is 3. The molecule has 3 aromatic rings. The van der Waals surface area contributed by atoms with Crippen LogP contribution in [-0.4, -0.2) is 35.3 Å². The summed E-state index contributed by atoms with van der Waals surface area (Å²) in [6.45, 7) is 3.40. The Morgan fingerprint density at radius 1 is 0.897 bits per heavy atom. The Hall–Kier alpha value is -3.65. The van der Waals surface area contributed by atoms with E-state index in [2.05, 4.69) is 21.6 Å². The quantitative estimate of drug-likeness (QED) is 0.396. The van der Waals surface area contributed by atoms with Gasteiger partial charge in [0.1, 0.15) is 0 Å². The number of halogens is 3. The van der Waals surface area contributed by atoms with Crippen LogP contribution in [0.2, 0.25) is 0 Å². The van der Waals surface area contributed by atoms with Gasteiger partial charge in [-0.15, -0.1) is 0 Å². The van der Waals surface area contributed by atoms with Crippen LogP contribution in [0.15, 0.2) is 66.7 Å². The molecule has 204 valence electrons. The highest BCUT2D eigenvalue weighted by molar-refractivity contribution is 6.08. The molecule has 2 N–H and O–H groups in total. The lowest BCUT2D eigenvalue weighted by atomic mass is 9.88. The number of nitrogens with one attached hydrogen (secondary N) is 2. The van der Waals surface area contributed by atoms with Gasteiger partial charge in [-0.3, -0.25) is 14.5 Å². The van der Waals surface area contributed by atoms with E-state index in [1.54, 1.807) is 31.2 Å². The molecule has 1 saturated carbocycles. The van der Waals surface area contributed by atoms with Crippen LogP contribution in [0.25, 0.3) is 11.1 Å². The average Bonchev–Trinajstić information content (AvgIpc) is 2.92. The molecule has 0 bridgehead atoms. The molecule has 5 nitrogen and oxygen atoms in total. The summed E-state index contributed by atoms with van der Waals surface area (Å²) >= 11 is 0. The lowest BCUT2D eigenvalue weighted by Gasteiger charge is -2.39. The standard InChI is InChI=1S/C31H32F3N3O2/c1-20(38)35-25-12-14-27(15-13-25)37-17-16-22-18-26(11-8-23(22)19-37)36-30(39)29-5-3-2-4-28(29)21-6-9-24(10-7-21)31(32,33)34/h2-11,18,25,27H,12-17,19H2,1H3,(H,35,38)(H,36,39). The first-order valence-corrected chi connectivity index (χ1v) is 13.4. The molecule has 0 unspecified atom stereocenters. The van der Waals surface area contributed by atoms with E-state index in [0.717, 1.165) is 57.3 Å². The van der Waals surface area contributed by atoms with Gasteiger partial charge in [0.05, 0.1) is 5.56 Å². The third-order valence-electron chi connectivity index (χ3n) is 7.82. The minimum atomic E-state index is -4.41. The minimum Gasteiger partial charge on any atom is -0.354 e. The summed E-state index contributed by atoms with van der Waals surface area (Å²) in [6.07, 6.45) is 0.650. The van der Waals surface area contributed by atoms with Gasteiger partial charge < -0.3 is 10.6 Å². The molecule has 0 radical (unpaired) electrons. The lowest BCUT2D eigenvalue weighted by molar-refractivity contribution is -0.137. The molecule has 8 heteroatoms. The Kier molecular flexibility index (Phi) is 7.75. The number of amides is 2. The Bertz CT molecular complexity index is 1350. The van der Waals surface area contributed by atoms with Gasteiger partial charge in [0.25, 0.3) is 5.91 Å². The second-order valence-corrected chi connectivity index (χ2v) is 10.5. The van der Waals surface area contributed by atoms with Crippen LogP contribution in [0.5, 0.6) is 0 Å². The predicted octanol–water partition coefficient (Wildman–Crippen LogP) is 6.43. The predicted molar refractivity (Wildman–Crippen MR) is 145 cm³/mol. The topological polar surface area (TPSA) is 61.4 Å². The highest BCUT2D eigenvalue weighted by Crippen LogP contribution is 2.33. The lowest BCUT2D eigenvalue weighted by Crippen LogP contribution is -2.45. The number of anilines is 1. The molecular formula is C31H32F3N3O2. The van der Waals surface area contributed by atoms with E-state index in [-0.39, 0.29) is 17.9 Å². The van der Waals surface area contributed by atoms with Gasteiger partial charge in [0.15, 0.2) is 0 Å². The van der Waals surface area contributed by atoms with E-state index in [1.807, 2.05) is 12.1 Å². The van der Waals surface area contributed by atoms with Gasteiger partial charge in [0, 0.05) is 43.3 Å². The Morgan fingerprint density at radius 3 is 2.31 bits per heavy atom. The number of carbonyl (C=O) groups excluding carboxylic acids is 2. The van der Waals surface area contributed by atoms with Crippen LogP contribution in [0.4, 0.5) is 18.9 Å². The third kappa shape index (κ3) is 6.33. The fourth-order valence-corrected chi connectivity index (χ4v) is 5.81. The van der Waals surface area contributed by atoms with Crippen molar-refractivity contribution in [1.82, 2.24) is 10.2 Å². The number of rotatable bonds is 5. The Balaban J connectivity index is 1.24. The molecule has 3 aromatic carbocycles. The maximum absolute atomic E-state index is 13.2. The normalized spacial score (nSPS) is 19.7. The van der Waals surface area contributed by atoms with Crippen LogP contribution in [0.3, 0.4) is 0 Å². The van der Waals surface area contributed by atoms with Gasteiger partial charge in [-0.1, -0.05) is 36.4 Å². The van der Waals surface area contributed by atoms with Crippen LogP contribution < -0.4 is 10.6 Å². The van der Waals surface area contributed by atoms with Crippen molar-refractivity contribution in [3.8, 4) is 11.1 Å². The van der Waals surface area contributed by atoms with E-state index in [0.29, 0.717) is 28.4 Å². The first-order valence-electron chi connectivity index (χ1n) is 13.4. The van der Waals surface area contributed by atoms with Gasteiger partial charge in [-0.2, -0.15) is 13.2 Å². The van der Waals surface area contributed by atoms with E-state index in [1.165, 1.54) is 23.3 Å². The number of alkyl halides is 3. The zero-order valence-electron chi connectivity index (χ0n) is 21.9. The maximum atomic E-state index is 13.2. The van der Waals surface area contributed by atoms with Crippen LogP contribution in [-0.2, 0) is 23.9 Å². The van der Waals surface area contributed by atoms with E-state index in [4.69, 9.17) is 0 Å². The molecule has 2 aliphatic rings. The van der Waals surface area contributed by atoms with Crippen molar-refractivity contribution in [3.05, 3.63) is 89.0 Å². The number of hydrogen-bond acceptors (Lipinski definition) is 3. The first-order chi connectivity index (χ1) is 18.7. The van der Waals surface area contributed by atoms with Crippen LogP contribution >= 0.6 is 0 Å². The summed E-state index contributed by atoms with van der Waals surface area (Å²) in [7, 11) is 0. The largest absolute Gasteiger partial charge is 0.416 e. The van der Waals surface area contributed by atoms with Gasteiger partial charge >= 0.3 is 6.18 Å². The summed E-state index contributed by atoms with van der Waals surface area (Å²) in [5, 5.41) is 6.02. The smallest absolute Gasteiger partial charge is 0.354 e. The first kappa shape index (κ1) is 26.9. The number of hydrogen-bond donors (Lipinski definition) is 2. The van der Waals surface area contributed by atoms with Crippen molar-refractivity contribution in [2.75, 3.05) is 11.9 Å². The molecular weight excluding hydrogens is 503 g/mol. The monoisotopic (exact) mass is 535 g/mol. The van der Waals surface area contributed by atoms with Crippen molar-refractivity contribution in [1.29, 1.82) is 0 Å². The van der Waals surface area contributed by atoms with Gasteiger partial charge in [0.2, 0.25) is 5.91 Å². The van der Waals surface area contributed by atoms with E-state index >= 15 is 0 Å². The molecule has 1 aliphatic carbocycles. The highest BCUT2D eigenvalue weighted by atomic mass is 19.4.